The summed E-state index contributed by atoms with van der Waals surface area (Å²) in [6, 6.07) is 27.5. The number of hydrogen-bond acceptors (Lipinski definition) is 0. The highest BCUT2D eigenvalue weighted by atomic mass is 79.9. The standard InChI is InChI=1S/C28H21Br/c1-16-7-10-19-20-11-8-17(2)14-24(20)28(23(19)13-16)25-15-18(3)9-12-21(25)22-5-4-6-26(29)27(22)28/h4-15H,1-3H3. The number of aryl methyl sites for hydroxylation is 3. The maximum atomic E-state index is 3.95. The number of fused-ring (bicyclic) bond motifs is 10. The summed E-state index contributed by atoms with van der Waals surface area (Å²) in [6.07, 6.45) is 0. The van der Waals surface area contributed by atoms with Crippen LogP contribution < -0.4 is 0 Å². The minimum Gasteiger partial charge on any atom is -0.0605 e. The molecule has 2 aliphatic rings. The highest BCUT2D eigenvalue weighted by molar-refractivity contribution is 9.10. The van der Waals surface area contributed by atoms with Crippen LogP contribution in [0.25, 0.3) is 22.3 Å². The molecule has 4 aromatic rings. The molecule has 0 atom stereocenters. The topological polar surface area (TPSA) is 0 Å². The van der Waals surface area contributed by atoms with Crippen LogP contribution in [0.2, 0.25) is 0 Å². The Labute approximate surface area is 180 Å². The Kier molecular flexibility index (Phi) is 3.39. The van der Waals surface area contributed by atoms with E-state index in [1.165, 1.54) is 65.7 Å². The summed E-state index contributed by atoms with van der Waals surface area (Å²) in [7, 11) is 0. The van der Waals surface area contributed by atoms with Crippen molar-refractivity contribution in [3.63, 3.8) is 0 Å². The van der Waals surface area contributed by atoms with Gasteiger partial charge in [0.25, 0.3) is 0 Å². The highest BCUT2D eigenvalue weighted by Crippen LogP contribution is 2.64. The normalized spacial score (nSPS) is 14.5. The molecule has 0 unspecified atom stereocenters. The molecule has 0 heterocycles. The second-order valence-electron chi connectivity index (χ2n) is 8.56. The van der Waals surface area contributed by atoms with Crippen molar-refractivity contribution < 1.29 is 0 Å². The van der Waals surface area contributed by atoms with Crippen molar-refractivity contribution >= 4 is 15.9 Å². The molecule has 1 heteroatoms. The molecule has 2 aliphatic carbocycles. The molecule has 140 valence electrons. The Morgan fingerprint density at radius 1 is 0.552 bits per heavy atom. The molecule has 0 N–H and O–H groups in total. The summed E-state index contributed by atoms with van der Waals surface area (Å²) in [6.45, 7) is 6.61. The van der Waals surface area contributed by atoms with E-state index in [0.29, 0.717) is 0 Å². The van der Waals surface area contributed by atoms with Gasteiger partial charge in [-0.3, -0.25) is 0 Å². The molecule has 0 aromatic heterocycles. The van der Waals surface area contributed by atoms with Crippen molar-refractivity contribution in [2.24, 2.45) is 0 Å². The lowest BCUT2D eigenvalue weighted by Gasteiger charge is -2.31. The second-order valence-corrected chi connectivity index (χ2v) is 9.41. The van der Waals surface area contributed by atoms with Crippen molar-refractivity contribution in [2.75, 3.05) is 0 Å². The third kappa shape index (κ3) is 2.04. The average molecular weight is 437 g/mol. The molecule has 29 heavy (non-hydrogen) atoms. The minimum atomic E-state index is -0.264. The summed E-state index contributed by atoms with van der Waals surface area (Å²) >= 11 is 3.95. The van der Waals surface area contributed by atoms with Crippen molar-refractivity contribution in [1.82, 2.24) is 0 Å². The van der Waals surface area contributed by atoms with Crippen LogP contribution in [0, 0.1) is 20.8 Å². The Hall–Kier alpha value is -2.64. The zero-order valence-electron chi connectivity index (χ0n) is 16.8. The van der Waals surface area contributed by atoms with Gasteiger partial charge < -0.3 is 0 Å². The number of halogens is 1. The largest absolute Gasteiger partial charge is 0.0736 e. The summed E-state index contributed by atoms with van der Waals surface area (Å²) in [4.78, 5) is 0. The van der Waals surface area contributed by atoms with Gasteiger partial charge in [-0.2, -0.15) is 0 Å². The van der Waals surface area contributed by atoms with E-state index < -0.39 is 0 Å². The van der Waals surface area contributed by atoms with Gasteiger partial charge in [-0.25, -0.2) is 0 Å². The van der Waals surface area contributed by atoms with Crippen LogP contribution in [0.15, 0.2) is 77.3 Å². The van der Waals surface area contributed by atoms with E-state index in [-0.39, 0.29) is 5.41 Å². The van der Waals surface area contributed by atoms with E-state index in [2.05, 4.69) is 109 Å². The smallest absolute Gasteiger partial charge is 0.0605 e. The van der Waals surface area contributed by atoms with Crippen LogP contribution in [0.5, 0.6) is 0 Å². The fourth-order valence-corrected chi connectivity index (χ4v) is 6.24. The molecule has 0 saturated carbocycles. The van der Waals surface area contributed by atoms with E-state index >= 15 is 0 Å². The first-order chi connectivity index (χ1) is 14.0. The maximum Gasteiger partial charge on any atom is 0.0736 e. The van der Waals surface area contributed by atoms with Crippen LogP contribution in [0.3, 0.4) is 0 Å². The molecule has 0 bridgehead atoms. The fourth-order valence-electron chi connectivity index (χ4n) is 5.58. The predicted octanol–water partition coefficient (Wildman–Crippen LogP) is 7.72. The molecule has 0 nitrogen and oxygen atoms in total. The summed E-state index contributed by atoms with van der Waals surface area (Å²) in [5.41, 5.74) is 14.7. The zero-order valence-corrected chi connectivity index (χ0v) is 18.4. The van der Waals surface area contributed by atoms with Crippen molar-refractivity contribution in [3.8, 4) is 22.3 Å². The number of benzene rings is 4. The SMILES string of the molecule is Cc1ccc2c(c1)C1(c3cc(C)ccc3-2)c2cc(C)ccc2-c2cccc(Br)c21. The maximum absolute atomic E-state index is 3.95. The van der Waals surface area contributed by atoms with Crippen LogP contribution in [0.4, 0.5) is 0 Å². The third-order valence-corrected chi connectivity index (χ3v) is 7.37. The Morgan fingerprint density at radius 2 is 1.00 bits per heavy atom. The Morgan fingerprint density at radius 3 is 1.48 bits per heavy atom. The van der Waals surface area contributed by atoms with Crippen LogP contribution >= 0.6 is 15.9 Å². The molecule has 0 aliphatic heterocycles. The predicted molar refractivity (Wildman–Crippen MR) is 125 cm³/mol. The molecule has 6 rings (SSSR count). The first-order valence-electron chi connectivity index (χ1n) is 10.1. The summed E-state index contributed by atoms with van der Waals surface area (Å²) in [5.74, 6) is 0. The van der Waals surface area contributed by atoms with E-state index in [4.69, 9.17) is 0 Å². The molecule has 0 saturated heterocycles. The monoisotopic (exact) mass is 436 g/mol. The van der Waals surface area contributed by atoms with Crippen molar-refractivity contribution in [1.29, 1.82) is 0 Å². The highest BCUT2D eigenvalue weighted by Gasteiger charge is 2.52. The lowest BCUT2D eigenvalue weighted by atomic mass is 9.70. The lowest BCUT2D eigenvalue weighted by molar-refractivity contribution is 0.786. The first-order valence-corrected chi connectivity index (χ1v) is 10.9. The zero-order chi connectivity index (χ0) is 19.9. The molecular weight excluding hydrogens is 416 g/mol. The quantitative estimate of drug-likeness (QED) is 0.228. The van der Waals surface area contributed by atoms with Gasteiger partial charge in [0, 0.05) is 4.47 Å². The molecule has 0 fully saturated rings. The number of hydrogen-bond donors (Lipinski definition) is 0. The Bertz CT molecular complexity index is 1270. The lowest BCUT2D eigenvalue weighted by Crippen LogP contribution is -2.26. The van der Waals surface area contributed by atoms with Crippen molar-refractivity contribution in [2.45, 2.75) is 26.2 Å². The molecular formula is C28H21Br. The summed E-state index contributed by atoms with van der Waals surface area (Å²) in [5, 5.41) is 0. The Balaban J connectivity index is 1.90. The van der Waals surface area contributed by atoms with E-state index in [9.17, 15) is 0 Å². The molecule has 1 spiro atoms. The second kappa shape index (κ2) is 5.70. The van der Waals surface area contributed by atoms with Gasteiger partial charge >= 0.3 is 0 Å². The van der Waals surface area contributed by atoms with Gasteiger partial charge in [-0.05, 0) is 71.3 Å². The van der Waals surface area contributed by atoms with Crippen molar-refractivity contribution in [3.05, 3.63) is 116 Å². The van der Waals surface area contributed by atoms with Gasteiger partial charge in [0.05, 0.1) is 5.41 Å². The van der Waals surface area contributed by atoms with Crippen LogP contribution in [-0.2, 0) is 5.41 Å². The summed E-state index contributed by atoms with van der Waals surface area (Å²) < 4.78 is 1.19. The third-order valence-electron chi connectivity index (χ3n) is 6.71. The molecule has 0 amide bonds. The average Bonchev–Trinajstić information content (AvgIpc) is 3.14. The van der Waals surface area contributed by atoms with E-state index in [1.54, 1.807) is 0 Å². The van der Waals surface area contributed by atoms with Gasteiger partial charge in [0.15, 0.2) is 0 Å². The van der Waals surface area contributed by atoms with Gasteiger partial charge in [-0.1, -0.05) is 99.4 Å². The molecule has 0 radical (unpaired) electrons. The number of rotatable bonds is 0. The van der Waals surface area contributed by atoms with Gasteiger partial charge in [0.2, 0.25) is 0 Å². The minimum absolute atomic E-state index is 0.264. The first kappa shape index (κ1) is 17.2. The van der Waals surface area contributed by atoms with E-state index in [1.807, 2.05) is 0 Å². The van der Waals surface area contributed by atoms with Gasteiger partial charge in [-0.15, -0.1) is 0 Å². The molecule has 4 aromatic carbocycles. The van der Waals surface area contributed by atoms with E-state index in [0.717, 1.165) is 0 Å². The van der Waals surface area contributed by atoms with Crippen LogP contribution in [0.1, 0.15) is 38.9 Å². The fraction of sp³-hybridized carbons (Fsp3) is 0.143. The van der Waals surface area contributed by atoms with Gasteiger partial charge in [0.1, 0.15) is 0 Å². The van der Waals surface area contributed by atoms with Crippen LogP contribution in [-0.4, -0.2) is 0 Å².